The van der Waals surface area contributed by atoms with Gasteiger partial charge in [-0.05, 0) is 18.9 Å². The number of hydrogen-bond donors (Lipinski definition) is 1. The number of aromatic nitrogens is 3. The van der Waals surface area contributed by atoms with Crippen molar-refractivity contribution in [2.75, 3.05) is 12.3 Å². The molecule has 0 spiro atoms. The zero-order chi connectivity index (χ0) is 14.2. The third-order valence-electron chi connectivity index (χ3n) is 3.17. The van der Waals surface area contributed by atoms with Crippen LogP contribution in [0.15, 0.2) is 24.7 Å². The number of nitrogens with one attached hydrogen (secondary N) is 1. The van der Waals surface area contributed by atoms with E-state index in [1.54, 1.807) is 29.1 Å². The second kappa shape index (κ2) is 4.86. The van der Waals surface area contributed by atoms with Crippen LogP contribution in [0.2, 0.25) is 0 Å². The highest BCUT2D eigenvalue weighted by atomic mass is 32.2. The van der Waals surface area contributed by atoms with Gasteiger partial charge in [-0.25, -0.2) is 18.4 Å². The minimum absolute atomic E-state index is 0.0188. The molecule has 1 aliphatic carbocycles. The van der Waals surface area contributed by atoms with Crippen molar-refractivity contribution in [2.24, 2.45) is 0 Å². The van der Waals surface area contributed by atoms with E-state index in [1.807, 2.05) is 0 Å². The lowest BCUT2D eigenvalue weighted by atomic mass is 10.4. The summed E-state index contributed by atoms with van der Waals surface area (Å²) in [4.78, 5) is 20.0. The predicted molar refractivity (Wildman–Crippen MR) is 72.1 cm³/mol. The zero-order valence-corrected chi connectivity index (χ0v) is 11.5. The van der Waals surface area contributed by atoms with Crippen molar-refractivity contribution >= 4 is 21.5 Å². The van der Waals surface area contributed by atoms with E-state index in [1.165, 1.54) is 0 Å². The summed E-state index contributed by atoms with van der Waals surface area (Å²) in [5.41, 5.74) is 0.229. The highest BCUT2D eigenvalue weighted by Crippen LogP contribution is 2.28. The van der Waals surface area contributed by atoms with Gasteiger partial charge in [0.1, 0.15) is 5.69 Å². The minimum atomic E-state index is -3.04. The van der Waals surface area contributed by atoms with E-state index in [-0.39, 0.29) is 29.1 Å². The van der Waals surface area contributed by atoms with Gasteiger partial charge < -0.3 is 5.32 Å². The van der Waals surface area contributed by atoms with Crippen LogP contribution in [0.3, 0.4) is 0 Å². The van der Waals surface area contributed by atoms with Crippen molar-refractivity contribution in [3.8, 4) is 0 Å². The molecule has 0 aliphatic heterocycles. The Morgan fingerprint density at radius 1 is 1.45 bits per heavy atom. The van der Waals surface area contributed by atoms with Gasteiger partial charge in [0, 0.05) is 25.1 Å². The smallest absolute Gasteiger partial charge is 0.271 e. The van der Waals surface area contributed by atoms with Crippen LogP contribution >= 0.6 is 0 Å². The lowest BCUT2D eigenvalue weighted by molar-refractivity contribution is 0.0951. The molecule has 0 radical (unpaired) electrons. The first kappa shape index (κ1) is 13.0. The molecule has 2 aromatic rings. The molecular formula is C12H14N4O3S. The van der Waals surface area contributed by atoms with Crippen molar-refractivity contribution in [2.45, 2.75) is 18.1 Å². The summed E-state index contributed by atoms with van der Waals surface area (Å²) in [5.74, 6) is 0.0272. The first-order chi connectivity index (χ1) is 9.56. The van der Waals surface area contributed by atoms with Gasteiger partial charge in [0.15, 0.2) is 9.84 Å². The summed E-state index contributed by atoms with van der Waals surface area (Å²) in [6.45, 7) is 0.110. The molecule has 1 aliphatic rings. The molecule has 0 atom stereocenters. The lowest BCUT2D eigenvalue weighted by Crippen LogP contribution is -2.30. The summed E-state index contributed by atoms with van der Waals surface area (Å²) in [5, 5.41) is 2.38. The fourth-order valence-corrected chi connectivity index (χ4v) is 3.50. The van der Waals surface area contributed by atoms with Crippen molar-refractivity contribution < 1.29 is 13.2 Å². The van der Waals surface area contributed by atoms with Gasteiger partial charge in [0.05, 0.1) is 11.0 Å². The second-order valence-electron chi connectivity index (χ2n) is 4.78. The quantitative estimate of drug-likeness (QED) is 0.840. The largest absolute Gasteiger partial charge is 0.350 e. The number of fused-ring (bicyclic) bond motifs is 1. The van der Waals surface area contributed by atoms with E-state index in [9.17, 15) is 13.2 Å². The first-order valence-electron chi connectivity index (χ1n) is 6.36. The maximum atomic E-state index is 11.9. The Bertz CT molecular complexity index is 716. The molecular weight excluding hydrogens is 280 g/mol. The molecule has 1 fully saturated rings. The predicted octanol–water partition coefficient (Wildman–Crippen LogP) is 0.0363. The summed E-state index contributed by atoms with van der Waals surface area (Å²) in [6, 6.07) is 1.73. The number of sulfone groups is 1. The highest BCUT2D eigenvalue weighted by molar-refractivity contribution is 7.92. The number of rotatable bonds is 5. The molecule has 7 nitrogen and oxygen atoms in total. The van der Waals surface area contributed by atoms with Gasteiger partial charge in [-0.1, -0.05) is 0 Å². The lowest BCUT2D eigenvalue weighted by Gasteiger charge is -2.03. The summed E-state index contributed by atoms with van der Waals surface area (Å²) in [7, 11) is -3.04. The maximum absolute atomic E-state index is 11.9. The van der Waals surface area contributed by atoms with Crippen LogP contribution in [0.1, 0.15) is 23.3 Å². The van der Waals surface area contributed by atoms with Crippen LogP contribution in [0, 0.1) is 0 Å². The Kier molecular flexibility index (Phi) is 3.17. The van der Waals surface area contributed by atoms with Crippen molar-refractivity contribution in [1.29, 1.82) is 0 Å². The van der Waals surface area contributed by atoms with Crippen molar-refractivity contribution in [3.05, 3.63) is 30.4 Å². The van der Waals surface area contributed by atoms with Gasteiger partial charge in [-0.2, -0.15) is 0 Å². The Morgan fingerprint density at radius 3 is 2.95 bits per heavy atom. The summed E-state index contributed by atoms with van der Waals surface area (Å²) >= 11 is 0. The highest BCUT2D eigenvalue weighted by Gasteiger charge is 2.35. The Hall–Kier alpha value is -1.96. The van der Waals surface area contributed by atoms with Crippen LogP contribution in [0.5, 0.6) is 0 Å². The monoisotopic (exact) mass is 294 g/mol. The average molecular weight is 294 g/mol. The molecule has 0 aromatic carbocycles. The molecule has 0 saturated heterocycles. The summed E-state index contributed by atoms with van der Waals surface area (Å²) in [6.07, 6.45) is 6.38. The molecule has 1 amide bonds. The van der Waals surface area contributed by atoms with Crippen LogP contribution in [-0.2, 0) is 9.84 Å². The molecule has 3 rings (SSSR count). The number of nitrogens with zero attached hydrogens (tertiary/aromatic N) is 3. The van der Waals surface area contributed by atoms with Crippen LogP contribution in [0.25, 0.3) is 5.78 Å². The van der Waals surface area contributed by atoms with E-state index in [4.69, 9.17) is 0 Å². The van der Waals surface area contributed by atoms with Gasteiger partial charge in [0.25, 0.3) is 5.91 Å². The fourth-order valence-electron chi connectivity index (χ4n) is 1.93. The zero-order valence-electron chi connectivity index (χ0n) is 10.7. The topological polar surface area (TPSA) is 93.4 Å². The van der Waals surface area contributed by atoms with E-state index >= 15 is 0 Å². The van der Waals surface area contributed by atoms with Crippen LogP contribution in [-0.4, -0.2) is 46.2 Å². The van der Waals surface area contributed by atoms with E-state index in [0.717, 1.165) is 12.8 Å². The molecule has 0 bridgehead atoms. The minimum Gasteiger partial charge on any atom is -0.350 e. The summed E-state index contributed by atoms with van der Waals surface area (Å²) < 4.78 is 25.0. The maximum Gasteiger partial charge on any atom is 0.271 e. The standard InChI is InChI=1S/C12H14N4O3S/c17-11(13-5-7-20(18,19)9-2-3-9)10-8-16-6-1-4-14-12(16)15-10/h1,4,6,8-9H,2-3,5,7H2,(H,13,17). The van der Waals surface area contributed by atoms with Crippen molar-refractivity contribution in [3.63, 3.8) is 0 Å². The van der Waals surface area contributed by atoms with Gasteiger partial charge >= 0.3 is 0 Å². The number of amides is 1. The normalized spacial score (nSPS) is 15.4. The van der Waals surface area contributed by atoms with Gasteiger partial charge in [0.2, 0.25) is 5.78 Å². The first-order valence-corrected chi connectivity index (χ1v) is 8.07. The van der Waals surface area contributed by atoms with E-state index in [2.05, 4.69) is 15.3 Å². The molecule has 2 heterocycles. The molecule has 0 unspecified atom stereocenters. The Balaban J connectivity index is 1.61. The number of hydrogen-bond acceptors (Lipinski definition) is 5. The van der Waals surface area contributed by atoms with Crippen molar-refractivity contribution in [1.82, 2.24) is 19.7 Å². The Labute approximate surface area is 116 Å². The molecule has 106 valence electrons. The number of carbonyl (C=O) groups is 1. The molecule has 1 N–H and O–H groups in total. The fraction of sp³-hybridized carbons (Fsp3) is 0.417. The van der Waals surface area contributed by atoms with Gasteiger partial charge in [-0.15, -0.1) is 0 Å². The molecule has 1 saturated carbocycles. The molecule has 8 heteroatoms. The molecule has 2 aromatic heterocycles. The van der Waals surface area contributed by atoms with Gasteiger partial charge in [-0.3, -0.25) is 9.20 Å². The third-order valence-corrected chi connectivity index (χ3v) is 5.43. The van der Waals surface area contributed by atoms with Crippen LogP contribution in [0.4, 0.5) is 0 Å². The molecule has 20 heavy (non-hydrogen) atoms. The average Bonchev–Trinajstić information content (AvgIpc) is 3.18. The second-order valence-corrected chi connectivity index (χ2v) is 7.18. The third kappa shape index (κ3) is 2.64. The number of carbonyl (C=O) groups excluding carboxylic acids is 1. The Morgan fingerprint density at radius 2 is 2.25 bits per heavy atom. The SMILES string of the molecule is O=C(NCCS(=O)(=O)C1CC1)c1cn2cccnc2n1. The van der Waals surface area contributed by atoms with E-state index < -0.39 is 9.84 Å². The number of imidazole rings is 1. The van der Waals surface area contributed by atoms with Crippen LogP contribution < -0.4 is 5.32 Å². The van der Waals surface area contributed by atoms with E-state index in [0.29, 0.717) is 5.78 Å².